The summed E-state index contributed by atoms with van der Waals surface area (Å²) in [7, 11) is 0. The molecule has 0 aromatic heterocycles. The summed E-state index contributed by atoms with van der Waals surface area (Å²) in [6.07, 6.45) is 4.79. The van der Waals surface area contributed by atoms with Gasteiger partial charge < -0.3 is 10.0 Å². The Hall–Kier alpha value is -0.570. The van der Waals surface area contributed by atoms with Crippen molar-refractivity contribution in [2.75, 3.05) is 19.7 Å². The van der Waals surface area contributed by atoms with E-state index in [0.717, 1.165) is 38.8 Å². The highest BCUT2D eigenvalue weighted by Crippen LogP contribution is 2.21. The van der Waals surface area contributed by atoms with E-state index in [9.17, 15) is 4.79 Å². The van der Waals surface area contributed by atoms with Crippen LogP contribution in [0.2, 0.25) is 0 Å². The van der Waals surface area contributed by atoms with E-state index in [4.69, 9.17) is 5.11 Å². The Labute approximate surface area is 98.8 Å². The Balaban J connectivity index is 2.27. The maximum absolute atomic E-state index is 11.9. The zero-order chi connectivity index (χ0) is 12.0. The highest BCUT2D eigenvalue weighted by Gasteiger charge is 2.22. The Morgan fingerprint density at radius 2 is 2.06 bits per heavy atom. The third kappa shape index (κ3) is 4.12. The van der Waals surface area contributed by atoms with Gasteiger partial charge in [0.2, 0.25) is 5.91 Å². The van der Waals surface area contributed by atoms with Gasteiger partial charge in [0.1, 0.15) is 0 Å². The summed E-state index contributed by atoms with van der Waals surface area (Å²) in [6, 6.07) is 0. The van der Waals surface area contributed by atoms with Crippen molar-refractivity contribution in [3.8, 4) is 0 Å². The van der Waals surface area contributed by atoms with Crippen LogP contribution in [0.5, 0.6) is 0 Å². The molecule has 1 aliphatic rings. The molecule has 0 radical (unpaired) electrons. The van der Waals surface area contributed by atoms with Gasteiger partial charge in [0.15, 0.2) is 0 Å². The number of rotatable bonds is 5. The van der Waals surface area contributed by atoms with E-state index in [1.165, 1.54) is 0 Å². The Morgan fingerprint density at radius 3 is 2.56 bits per heavy atom. The lowest BCUT2D eigenvalue weighted by molar-refractivity contribution is -0.133. The molecule has 94 valence electrons. The molecule has 1 saturated heterocycles. The predicted octanol–water partition coefficient (Wildman–Crippen LogP) is 2.04. The molecule has 0 aromatic rings. The van der Waals surface area contributed by atoms with Crippen molar-refractivity contribution < 1.29 is 9.90 Å². The van der Waals surface area contributed by atoms with Gasteiger partial charge in [0, 0.05) is 26.1 Å². The zero-order valence-corrected chi connectivity index (χ0v) is 10.6. The van der Waals surface area contributed by atoms with Crippen LogP contribution in [0.4, 0.5) is 0 Å². The minimum Gasteiger partial charge on any atom is -0.396 e. The second kappa shape index (κ2) is 6.89. The topological polar surface area (TPSA) is 40.5 Å². The molecule has 0 spiro atoms. The summed E-state index contributed by atoms with van der Waals surface area (Å²) in [6.45, 7) is 6.33. The molecule has 1 heterocycles. The van der Waals surface area contributed by atoms with Crippen LogP contribution in [0, 0.1) is 11.8 Å². The largest absolute Gasteiger partial charge is 0.396 e. The number of likely N-dealkylation sites (tertiary alicyclic amines) is 1. The fraction of sp³-hybridized carbons (Fsp3) is 0.923. The van der Waals surface area contributed by atoms with Gasteiger partial charge in [-0.25, -0.2) is 0 Å². The monoisotopic (exact) mass is 227 g/mol. The third-order valence-electron chi connectivity index (χ3n) is 3.72. The number of amides is 1. The first-order valence-electron chi connectivity index (χ1n) is 6.56. The smallest absolute Gasteiger partial charge is 0.222 e. The molecular weight excluding hydrogens is 202 g/mol. The van der Waals surface area contributed by atoms with Gasteiger partial charge in [-0.3, -0.25) is 4.79 Å². The van der Waals surface area contributed by atoms with E-state index >= 15 is 0 Å². The standard InChI is InChI=1S/C13H25NO2/c1-3-11(2)10-13(16)14-7-4-12(5-8-14)6-9-15/h11-12,15H,3-10H2,1-2H3/t11-/m1/s1. The summed E-state index contributed by atoms with van der Waals surface area (Å²) in [4.78, 5) is 13.9. The Bertz CT molecular complexity index is 210. The molecule has 0 unspecified atom stereocenters. The molecule has 1 fully saturated rings. The average Bonchev–Trinajstić information content (AvgIpc) is 2.30. The number of hydrogen-bond acceptors (Lipinski definition) is 2. The Morgan fingerprint density at radius 1 is 1.44 bits per heavy atom. The quantitative estimate of drug-likeness (QED) is 0.781. The molecule has 1 rings (SSSR count). The van der Waals surface area contributed by atoms with Crippen molar-refractivity contribution in [2.45, 2.75) is 46.0 Å². The number of piperidine rings is 1. The molecule has 3 nitrogen and oxygen atoms in total. The second-order valence-corrected chi connectivity index (χ2v) is 5.05. The molecule has 16 heavy (non-hydrogen) atoms. The number of nitrogens with zero attached hydrogens (tertiary/aromatic N) is 1. The summed E-state index contributed by atoms with van der Waals surface area (Å²) >= 11 is 0. The number of carbonyl (C=O) groups is 1. The molecule has 0 aliphatic carbocycles. The fourth-order valence-electron chi connectivity index (χ4n) is 2.23. The van der Waals surface area contributed by atoms with Gasteiger partial charge >= 0.3 is 0 Å². The van der Waals surface area contributed by atoms with Gasteiger partial charge in [-0.05, 0) is 31.1 Å². The molecule has 1 amide bonds. The highest BCUT2D eigenvalue weighted by atomic mass is 16.3. The van der Waals surface area contributed by atoms with Crippen LogP contribution >= 0.6 is 0 Å². The van der Waals surface area contributed by atoms with Crippen LogP contribution in [0.25, 0.3) is 0 Å². The van der Waals surface area contributed by atoms with Crippen molar-refractivity contribution in [1.29, 1.82) is 0 Å². The molecule has 0 saturated carbocycles. The lowest BCUT2D eigenvalue weighted by Crippen LogP contribution is -2.39. The highest BCUT2D eigenvalue weighted by molar-refractivity contribution is 5.76. The SMILES string of the molecule is CC[C@@H](C)CC(=O)N1CCC(CCO)CC1. The van der Waals surface area contributed by atoms with Crippen molar-refractivity contribution in [1.82, 2.24) is 4.90 Å². The van der Waals surface area contributed by atoms with Crippen LogP contribution in [0.15, 0.2) is 0 Å². The number of aliphatic hydroxyl groups excluding tert-OH is 1. The summed E-state index contributed by atoms with van der Waals surface area (Å²) in [5, 5.41) is 8.86. The van der Waals surface area contributed by atoms with Gasteiger partial charge in [-0.15, -0.1) is 0 Å². The van der Waals surface area contributed by atoms with Crippen LogP contribution in [0.3, 0.4) is 0 Å². The van der Waals surface area contributed by atoms with Crippen molar-refractivity contribution in [3.05, 3.63) is 0 Å². The molecule has 3 heteroatoms. The second-order valence-electron chi connectivity index (χ2n) is 5.05. The van der Waals surface area contributed by atoms with Crippen LogP contribution in [-0.4, -0.2) is 35.6 Å². The summed E-state index contributed by atoms with van der Waals surface area (Å²) in [5.74, 6) is 1.44. The minimum absolute atomic E-state index is 0.283. The fourth-order valence-corrected chi connectivity index (χ4v) is 2.23. The average molecular weight is 227 g/mol. The van der Waals surface area contributed by atoms with E-state index in [1.54, 1.807) is 0 Å². The van der Waals surface area contributed by atoms with Crippen molar-refractivity contribution >= 4 is 5.91 Å². The van der Waals surface area contributed by atoms with E-state index in [2.05, 4.69) is 13.8 Å². The minimum atomic E-state index is 0.283. The van der Waals surface area contributed by atoms with Crippen LogP contribution in [0.1, 0.15) is 46.0 Å². The normalized spacial score (nSPS) is 19.8. The maximum Gasteiger partial charge on any atom is 0.222 e. The van der Waals surface area contributed by atoms with E-state index < -0.39 is 0 Å². The van der Waals surface area contributed by atoms with E-state index in [-0.39, 0.29) is 6.61 Å². The van der Waals surface area contributed by atoms with Gasteiger partial charge in [-0.2, -0.15) is 0 Å². The zero-order valence-electron chi connectivity index (χ0n) is 10.6. The van der Waals surface area contributed by atoms with Gasteiger partial charge in [0.25, 0.3) is 0 Å². The molecular formula is C13H25NO2. The molecule has 1 aliphatic heterocycles. The molecule has 0 bridgehead atoms. The van der Waals surface area contributed by atoms with Crippen molar-refractivity contribution in [3.63, 3.8) is 0 Å². The maximum atomic E-state index is 11.9. The van der Waals surface area contributed by atoms with Crippen LogP contribution in [-0.2, 0) is 4.79 Å². The first-order chi connectivity index (χ1) is 7.67. The number of hydrogen-bond donors (Lipinski definition) is 1. The summed E-state index contributed by atoms with van der Waals surface area (Å²) < 4.78 is 0. The molecule has 0 aromatic carbocycles. The molecule has 1 atom stereocenters. The van der Waals surface area contributed by atoms with Gasteiger partial charge in [0.05, 0.1) is 0 Å². The van der Waals surface area contributed by atoms with E-state index in [1.807, 2.05) is 4.90 Å². The first-order valence-corrected chi connectivity index (χ1v) is 6.56. The predicted molar refractivity (Wildman–Crippen MR) is 65.1 cm³/mol. The number of aliphatic hydroxyl groups is 1. The lowest BCUT2D eigenvalue weighted by Gasteiger charge is -2.32. The lowest BCUT2D eigenvalue weighted by atomic mass is 9.93. The third-order valence-corrected chi connectivity index (χ3v) is 3.72. The molecule has 1 N–H and O–H groups in total. The Kier molecular flexibility index (Phi) is 5.81. The van der Waals surface area contributed by atoms with Crippen molar-refractivity contribution in [2.24, 2.45) is 11.8 Å². The number of carbonyl (C=O) groups excluding carboxylic acids is 1. The summed E-state index contributed by atoms with van der Waals surface area (Å²) in [5.41, 5.74) is 0. The van der Waals surface area contributed by atoms with E-state index in [0.29, 0.717) is 24.2 Å². The van der Waals surface area contributed by atoms with Crippen LogP contribution < -0.4 is 0 Å². The first kappa shape index (κ1) is 13.5. The van der Waals surface area contributed by atoms with Gasteiger partial charge in [-0.1, -0.05) is 20.3 Å².